The smallest absolute Gasteiger partial charge is 0.396 e. The van der Waals surface area contributed by atoms with Crippen molar-refractivity contribution in [3.63, 3.8) is 0 Å². The molecule has 5 heteroatoms. The molecule has 0 radical (unpaired) electrons. The molecule has 0 saturated heterocycles. The Bertz CT molecular complexity index is 385. The normalized spacial score (nSPS) is 12.3. The SMILES string of the molecule is OCCC=Cc1cc(Cl)cc(C(F)(F)F)c1. The molecule has 1 aromatic rings. The summed E-state index contributed by atoms with van der Waals surface area (Å²) in [5, 5.41) is 8.57. The number of rotatable bonds is 3. The fraction of sp³-hybridized carbons (Fsp3) is 0.273. The molecule has 16 heavy (non-hydrogen) atoms. The molecule has 0 atom stereocenters. The molecular weight excluding hydrogens is 241 g/mol. The van der Waals surface area contributed by atoms with Gasteiger partial charge in [-0.3, -0.25) is 0 Å². The molecule has 0 aromatic heterocycles. The summed E-state index contributed by atoms with van der Waals surface area (Å²) in [4.78, 5) is 0. The van der Waals surface area contributed by atoms with Gasteiger partial charge in [-0.25, -0.2) is 0 Å². The third kappa shape index (κ3) is 3.87. The summed E-state index contributed by atoms with van der Waals surface area (Å²) in [6.07, 6.45) is -0.915. The van der Waals surface area contributed by atoms with Crippen LogP contribution in [0.25, 0.3) is 6.08 Å². The third-order valence-electron chi connectivity index (χ3n) is 1.85. The van der Waals surface area contributed by atoms with Crippen molar-refractivity contribution in [2.24, 2.45) is 0 Å². The second-order valence-corrected chi connectivity index (χ2v) is 3.62. The van der Waals surface area contributed by atoms with Gasteiger partial charge in [-0.1, -0.05) is 23.8 Å². The largest absolute Gasteiger partial charge is 0.416 e. The Morgan fingerprint density at radius 2 is 1.94 bits per heavy atom. The van der Waals surface area contributed by atoms with Gasteiger partial charge in [0.05, 0.1) is 5.56 Å². The fourth-order valence-electron chi connectivity index (χ4n) is 1.17. The molecule has 0 spiro atoms. The van der Waals surface area contributed by atoms with Crippen molar-refractivity contribution < 1.29 is 18.3 Å². The predicted octanol–water partition coefficient (Wildman–Crippen LogP) is 3.75. The van der Waals surface area contributed by atoms with Gasteiger partial charge in [0.2, 0.25) is 0 Å². The summed E-state index contributed by atoms with van der Waals surface area (Å²) in [7, 11) is 0. The summed E-state index contributed by atoms with van der Waals surface area (Å²) in [6, 6.07) is 3.33. The quantitative estimate of drug-likeness (QED) is 0.866. The van der Waals surface area contributed by atoms with E-state index in [2.05, 4.69) is 0 Å². The van der Waals surface area contributed by atoms with E-state index >= 15 is 0 Å². The van der Waals surface area contributed by atoms with Crippen LogP contribution < -0.4 is 0 Å². The van der Waals surface area contributed by atoms with Crippen LogP contribution in [0.2, 0.25) is 5.02 Å². The van der Waals surface area contributed by atoms with Crippen molar-refractivity contribution in [1.82, 2.24) is 0 Å². The standard InChI is InChI=1S/C11H10ClF3O/c12-10-6-8(3-1-2-4-16)5-9(7-10)11(13,14)15/h1,3,5-7,16H,2,4H2. The summed E-state index contributed by atoms with van der Waals surface area (Å²) < 4.78 is 37.2. The van der Waals surface area contributed by atoms with E-state index in [0.29, 0.717) is 12.0 Å². The third-order valence-corrected chi connectivity index (χ3v) is 2.07. The lowest BCUT2D eigenvalue weighted by atomic mass is 10.1. The van der Waals surface area contributed by atoms with Crippen LogP contribution in [0.3, 0.4) is 0 Å². The van der Waals surface area contributed by atoms with Gasteiger partial charge in [0, 0.05) is 11.6 Å². The highest BCUT2D eigenvalue weighted by molar-refractivity contribution is 6.30. The fourth-order valence-corrected chi connectivity index (χ4v) is 1.41. The molecule has 1 rings (SSSR count). The minimum Gasteiger partial charge on any atom is -0.396 e. The van der Waals surface area contributed by atoms with Crippen LogP contribution >= 0.6 is 11.6 Å². The van der Waals surface area contributed by atoms with Gasteiger partial charge in [0.25, 0.3) is 0 Å². The number of hydrogen-bond acceptors (Lipinski definition) is 1. The maximum absolute atomic E-state index is 12.4. The zero-order chi connectivity index (χ0) is 12.2. The lowest BCUT2D eigenvalue weighted by Crippen LogP contribution is -2.04. The van der Waals surface area contributed by atoms with Crippen LogP contribution in [0.4, 0.5) is 13.2 Å². The van der Waals surface area contributed by atoms with Gasteiger partial charge in [-0.05, 0) is 30.2 Å². The number of halogens is 4. The molecule has 0 bridgehead atoms. The molecule has 0 fully saturated rings. The van der Waals surface area contributed by atoms with E-state index in [1.165, 1.54) is 12.1 Å². The second-order valence-electron chi connectivity index (χ2n) is 3.19. The van der Waals surface area contributed by atoms with E-state index < -0.39 is 11.7 Å². The van der Waals surface area contributed by atoms with Gasteiger partial charge >= 0.3 is 6.18 Å². The van der Waals surface area contributed by atoms with E-state index in [4.69, 9.17) is 16.7 Å². The van der Waals surface area contributed by atoms with Crippen LogP contribution in [0.5, 0.6) is 0 Å². The first-order valence-corrected chi connectivity index (χ1v) is 4.96. The van der Waals surface area contributed by atoms with Gasteiger partial charge in [0.15, 0.2) is 0 Å². The van der Waals surface area contributed by atoms with Crippen LogP contribution in [0.1, 0.15) is 17.5 Å². The zero-order valence-corrected chi connectivity index (χ0v) is 9.02. The Hall–Kier alpha value is -1.00. The first kappa shape index (κ1) is 13.1. The van der Waals surface area contributed by atoms with Crippen LogP contribution in [-0.4, -0.2) is 11.7 Å². The van der Waals surface area contributed by atoms with Crippen molar-refractivity contribution in [1.29, 1.82) is 0 Å². The number of aliphatic hydroxyl groups is 1. The summed E-state index contributed by atoms with van der Waals surface area (Å²) in [5.74, 6) is 0. The van der Waals surface area contributed by atoms with Crippen molar-refractivity contribution in [3.05, 3.63) is 40.4 Å². The molecule has 0 aliphatic rings. The monoisotopic (exact) mass is 250 g/mol. The predicted molar refractivity (Wildman–Crippen MR) is 57.2 cm³/mol. The molecule has 0 heterocycles. The molecule has 1 aromatic carbocycles. The Labute approximate surface area is 96.2 Å². The van der Waals surface area contributed by atoms with Crippen molar-refractivity contribution >= 4 is 17.7 Å². The van der Waals surface area contributed by atoms with Gasteiger partial charge in [-0.15, -0.1) is 0 Å². The van der Waals surface area contributed by atoms with Crippen molar-refractivity contribution in [2.45, 2.75) is 12.6 Å². The summed E-state index contributed by atoms with van der Waals surface area (Å²) >= 11 is 5.59. The average molecular weight is 251 g/mol. The number of aliphatic hydroxyl groups excluding tert-OH is 1. The highest BCUT2D eigenvalue weighted by Crippen LogP contribution is 2.32. The number of hydrogen-bond donors (Lipinski definition) is 1. The maximum atomic E-state index is 12.4. The lowest BCUT2D eigenvalue weighted by Gasteiger charge is -2.08. The molecule has 0 saturated carbocycles. The summed E-state index contributed by atoms with van der Waals surface area (Å²) in [6.45, 7) is -0.0385. The van der Waals surface area contributed by atoms with Gasteiger partial charge < -0.3 is 5.11 Å². The van der Waals surface area contributed by atoms with Crippen LogP contribution in [0.15, 0.2) is 24.3 Å². The minimum atomic E-state index is -4.40. The number of benzene rings is 1. The van der Waals surface area contributed by atoms with Gasteiger partial charge in [-0.2, -0.15) is 13.2 Å². The van der Waals surface area contributed by atoms with Crippen molar-refractivity contribution in [3.8, 4) is 0 Å². The Kier molecular flexibility index (Phi) is 4.38. The van der Waals surface area contributed by atoms with Crippen LogP contribution in [0, 0.1) is 0 Å². The molecule has 88 valence electrons. The highest BCUT2D eigenvalue weighted by atomic mass is 35.5. The van der Waals surface area contributed by atoms with Crippen molar-refractivity contribution in [2.75, 3.05) is 6.61 Å². The Morgan fingerprint density at radius 1 is 1.25 bits per heavy atom. The van der Waals surface area contributed by atoms with E-state index in [1.54, 1.807) is 6.08 Å². The maximum Gasteiger partial charge on any atom is 0.416 e. The summed E-state index contributed by atoms with van der Waals surface area (Å²) in [5.41, 5.74) is -0.406. The molecular formula is C11H10ClF3O. The first-order chi connectivity index (χ1) is 7.43. The van der Waals surface area contributed by atoms with Gasteiger partial charge in [0.1, 0.15) is 0 Å². The van der Waals surface area contributed by atoms with E-state index in [-0.39, 0.29) is 11.6 Å². The Balaban J connectivity index is 2.99. The zero-order valence-electron chi connectivity index (χ0n) is 8.26. The molecule has 1 N–H and O–H groups in total. The molecule has 1 nitrogen and oxygen atoms in total. The lowest BCUT2D eigenvalue weighted by molar-refractivity contribution is -0.137. The highest BCUT2D eigenvalue weighted by Gasteiger charge is 2.30. The molecule has 0 unspecified atom stereocenters. The second kappa shape index (κ2) is 5.37. The number of alkyl halides is 3. The first-order valence-electron chi connectivity index (χ1n) is 4.58. The average Bonchev–Trinajstić information content (AvgIpc) is 2.16. The van der Waals surface area contributed by atoms with E-state index in [1.807, 2.05) is 0 Å². The molecule has 0 aliphatic heterocycles. The molecule has 0 amide bonds. The van der Waals surface area contributed by atoms with Crippen LogP contribution in [-0.2, 0) is 6.18 Å². The topological polar surface area (TPSA) is 20.2 Å². The Morgan fingerprint density at radius 3 is 2.50 bits per heavy atom. The molecule has 0 aliphatic carbocycles. The van der Waals surface area contributed by atoms with E-state index in [0.717, 1.165) is 12.1 Å². The van der Waals surface area contributed by atoms with E-state index in [9.17, 15) is 13.2 Å². The minimum absolute atomic E-state index is 0.0385.